The third-order valence-corrected chi connectivity index (χ3v) is 2.94. The van der Waals surface area contributed by atoms with Gasteiger partial charge in [0.05, 0.1) is 11.6 Å². The molecule has 3 heteroatoms. The molecule has 0 aliphatic heterocycles. The van der Waals surface area contributed by atoms with Crippen molar-refractivity contribution in [1.82, 2.24) is 4.98 Å². The molecule has 0 radical (unpaired) electrons. The zero-order valence-corrected chi connectivity index (χ0v) is 9.90. The second kappa shape index (κ2) is 4.42. The van der Waals surface area contributed by atoms with Crippen LogP contribution in [0.2, 0.25) is 0 Å². The number of aromatic amines is 1. The van der Waals surface area contributed by atoms with E-state index in [0.717, 1.165) is 10.9 Å². The lowest BCUT2D eigenvalue weighted by Crippen LogP contribution is -2.19. The smallest absolute Gasteiger partial charge is 0.182 e. The molecule has 0 aliphatic rings. The van der Waals surface area contributed by atoms with Gasteiger partial charge in [-0.05, 0) is 18.1 Å². The van der Waals surface area contributed by atoms with Gasteiger partial charge in [-0.25, -0.2) is 0 Å². The minimum atomic E-state index is -0.580. The topological polar surface area (TPSA) is 56.6 Å². The third kappa shape index (κ3) is 1.94. The van der Waals surface area contributed by atoms with Crippen LogP contribution in [0.1, 0.15) is 24.2 Å². The number of aromatic nitrogens is 1. The molecular weight excluding hydrogens is 212 g/mol. The van der Waals surface area contributed by atoms with E-state index >= 15 is 0 Å². The Bertz CT molecular complexity index is 590. The van der Waals surface area contributed by atoms with E-state index in [-0.39, 0.29) is 11.7 Å². The lowest BCUT2D eigenvalue weighted by molar-refractivity contribution is 0.0926. The van der Waals surface area contributed by atoms with Gasteiger partial charge in [0.1, 0.15) is 5.92 Å². The quantitative estimate of drug-likeness (QED) is 0.817. The van der Waals surface area contributed by atoms with Crippen molar-refractivity contribution in [1.29, 1.82) is 5.26 Å². The molecule has 0 bridgehead atoms. The van der Waals surface area contributed by atoms with Crippen LogP contribution in [-0.2, 0) is 0 Å². The Morgan fingerprint density at radius 2 is 2.12 bits per heavy atom. The number of nitrogens with one attached hydrogen (secondary N) is 1. The maximum atomic E-state index is 12.3. The van der Waals surface area contributed by atoms with Gasteiger partial charge in [-0.15, -0.1) is 0 Å². The number of rotatable bonds is 3. The Morgan fingerprint density at radius 1 is 1.35 bits per heavy atom. The summed E-state index contributed by atoms with van der Waals surface area (Å²) in [5.74, 6) is -0.655. The molecule has 0 saturated carbocycles. The van der Waals surface area contributed by atoms with E-state index in [1.165, 1.54) is 0 Å². The first-order chi connectivity index (χ1) is 8.15. The van der Waals surface area contributed by atoms with Gasteiger partial charge >= 0.3 is 0 Å². The van der Waals surface area contributed by atoms with E-state index < -0.39 is 5.92 Å². The monoisotopic (exact) mass is 226 g/mol. The number of Topliss-reactive ketones (excluding diaryl/α,β-unsaturated/α-hetero) is 1. The fraction of sp³-hybridized carbons (Fsp3) is 0.286. The molecule has 0 fully saturated rings. The van der Waals surface area contributed by atoms with E-state index in [4.69, 9.17) is 5.26 Å². The number of nitriles is 1. The molecule has 1 unspecified atom stereocenters. The van der Waals surface area contributed by atoms with Gasteiger partial charge in [0.2, 0.25) is 0 Å². The Kier molecular flexibility index (Phi) is 2.97. The van der Waals surface area contributed by atoms with Gasteiger partial charge in [-0.2, -0.15) is 5.26 Å². The first-order valence-corrected chi connectivity index (χ1v) is 5.65. The predicted octanol–water partition coefficient (Wildman–Crippen LogP) is 3.15. The summed E-state index contributed by atoms with van der Waals surface area (Å²) in [4.78, 5) is 15.3. The number of ketones is 1. The van der Waals surface area contributed by atoms with Crippen molar-refractivity contribution in [3.63, 3.8) is 0 Å². The van der Waals surface area contributed by atoms with Crippen LogP contribution in [0, 0.1) is 23.2 Å². The lowest BCUT2D eigenvalue weighted by Gasteiger charge is -2.12. The van der Waals surface area contributed by atoms with E-state index in [9.17, 15) is 4.79 Å². The molecule has 86 valence electrons. The standard InChI is InChI=1S/C14H14N2O/c1-9(2)12(8-15)14(17)11-5-3-4-10-6-7-16-13(10)11/h3-7,9,12,16H,1-2H3. The summed E-state index contributed by atoms with van der Waals surface area (Å²) in [5, 5.41) is 10.1. The highest BCUT2D eigenvalue weighted by molar-refractivity contribution is 6.08. The number of para-hydroxylation sites is 1. The highest BCUT2D eigenvalue weighted by Gasteiger charge is 2.24. The summed E-state index contributed by atoms with van der Waals surface area (Å²) >= 11 is 0. The Hall–Kier alpha value is -2.08. The Morgan fingerprint density at radius 3 is 2.76 bits per heavy atom. The first kappa shape index (κ1) is 11.4. The summed E-state index contributed by atoms with van der Waals surface area (Å²) in [5.41, 5.74) is 1.42. The predicted molar refractivity (Wildman–Crippen MR) is 66.6 cm³/mol. The molecule has 1 aromatic carbocycles. The van der Waals surface area contributed by atoms with Crippen LogP contribution >= 0.6 is 0 Å². The Labute approximate surface area is 100 Å². The van der Waals surface area contributed by atoms with Crippen molar-refractivity contribution in [2.45, 2.75) is 13.8 Å². The minimum Gasteiger partial charge on any atom is -0.361 e. The fourth-order valence-electron chi connectivity index (χ4n) is 1.97. The van der Waals surface area contributed by atoms with Crippen molar-refractivity contribution < 1.29 is 4.79 Å². The van der Waals surface area contributed by atoms with E-state index in [0.29, 0.717) is 5.56 Å². The van der Waals surface area contributed by atoms with Crippen LogP contribution in [0.5, 0.6) is 0 Å². The molecule has 1 aromatic heterocycles. The van der Waals surface area contributed by atoms with Crippen LogP contribution in [0.3, 0.4) is 0 Å². The molecule has 2 aromatic rings. The zero-order valence-electron chi connectivity index (χ0n) is 9.90. The Balaban J connectivity index is 2.50. The number of nitrogens with zero attached hydrogens (tertiary/aromatic N) is 1. The highest BCUT2D eigenvalue weighted by atomic mass is 16.1. The molecule has 1 heterocycles. The maximum Gasteiger partial charge on any atom is 0.182 e. The van der Waals surface area contributed by atoms with Crippen LogP contribution in [0.4, 0.5) is 0 Å². The number of fused-ring (bicyclic) bond motifs is 1. The summed E-state index contributed by atoms with van der Waals surface area (Å²) in [7, 11) is 0. The van der Waals surface area contributed by atoms with Crippen molar-refractivity contribution >= 4 is 16.7 Å². The van der Waals surface area contributed by atoms with Crippen LogP contribution in [0.25, 0.3) is 10.9 Å². The molecule has 1 N–H and O–H groups in total. The summed E-state index contributed by atoms with van der Waals surface area (Å²) in [6, 6.07) is 9.57. The average molecular weight is 226 g/mol. The minimum absolute atomic E-state index is 0.0257. The number of hydrogen-bond acceptors (Lipinski definition) is 2. The van der Waals surface area contributed by atoms with Crippen LogP contribution in [0.15, 0.2) is 30.5 Å². The van der Waals surface area contributed by atoms with Crippen molar-refractivity contribution in [3.05, 3.63) is 36.0 Å². The van der Waals surface area contributed by atoms with Crippen LogP contribution in [-0.4, -0.2) is 10.8 Å². The molecule has 3 nitrogen and oxygen atoms in total. The number of carbonyl (C=O) groups excluding carboxylic acids is 1. The van der Waals surface area contributed by atoms with Gasteiger partial charge in [0.25, 0.3) is 0 Å². The SMILES string of the molecule is CC(C)C(C#N)C(=O)c1cccc2cc[nH]c12. The summed E-state index contributed by atoms with van der Waals surface area (Å²) in [6.07, 6.45) is 1.80. The van der Waals surface area contributed by atoms with E-state index in [1.54, 1.807) is 12.3 Å². The second-order valence-corrected chi connectivity index (χ2v) is 4.46. The molecule has 0 saturated heterocycles. The third-order valence-electron chi connectivity index (χ3n) is 2.94. The molecule has 0 spiro atoms. The zero-order chi connectivity index (χ0) is 12.4. The van der Waals surface area contributed by atoms with E-state index in [2.05, 4.69) is 11.1 Å². The number of H-pyrrole nitrogens is 1. The van der Waals surface area contributed by atoms with Gasteiger partial charge in [0.15, 0.2) is 5.78 Å². The van der Waals surface area contributed by atoms with Crippen molar-refractivity contribution in [2.75, 3.05) is 0 Å². The lowest BCUT2D eigenvalue weighted by atomic mass is 9.88. The highest BCUT2D eigenvalue weighted by Crippen LogP contribution is 2.22. The van der Waals surface area contributed by atoms with E-state index in [1.807, 2.05) is 32.0 Å². The summed E-state index contributed by atoms with van der Waals surface area (Å²) in [6.45, 7) is 3.78. The van der Waals surface area contributed by atoms with Crippen LogP contribution < -0.4 is 0 Å². The second-order valence-electron chi connectivity index (χ2n) is 4.46. The molecule has 1 atom stereocenters. The molecule has 0 aliphatic carbocycles. The molecule has 2 rings (SSSR count). The number of carbonyl (C=O) groups is 1. The van der Waals surface area contributed by atoms with Gasteiger partial charge < -0.3 is 4.98 Å². The van der Waals surface area contributed by atoms with Gasteiger partial charge in [-0.1, -0.05) is 26.0 Å². The molecule has 17 heavy (non-hydrogen) atoms. The number of hydrogen-bond donors (Lipinski definition) is 1. The fourth-order valence-corrected chi connectivity index (χ4v) is 1.97. The first-order valence-electron chi connectivity index (χ1n) is 5.65. The maximum absolute atomic E-state index is 12.3. The number of benzene rings is 1. The normalized spacial score (nSPS) is 12.6. The van der Waals surface area contributed by atoms with Gasteiger partial charge in [-0.3, -0.25) is 4.79 Å². The summed E-state index contributed by atoms with van der Waals surface area (Å²) < 4.78 is 0. The average Bonchev–Trinajstić information content (AvgIpc) is 2.76. The van der Waals surface area contributed by atoms with Crippen molar-refractivity contribution in [2.24, 2.45) is 11.8 Å². The van der Waals surface area contributed by atoms with Gasteiger partial charge in [0, 0.05) is 17.1 Å². The largest absolute Gasteiger partial charge is 0.361 e. The molecule has 0 amide bonds. The molecular formula is C14H14N2O. The van der Waals surface area contributed by atoms with Crippen molar-refractivity contribution in [3.8, 4) is 6.07 Å².